The summed E-state index contributed by atoms with van der Waals surface area (Å²) in [6.45, 7) is 7.79. The molecule has 2 heterocycles. The largest absolute Gasteiger partial charge is 0.493 e. The van der Waals surface area contributed by atoms with Gasteiger partial charge in [0.25, 0.3) is 5.91 Å². The Morgan fingerprint density at radius 1 is 0.940 bits per heavy atom. The number of fused-ring (bicyclic) bond motifs is 1. The van der Waals surface area contributed by atoms with Crippen LogP contribution >= 0.6 is 0 Å². The molecule has 1 aliphatic rings. The Morgan fingerprint density at radius 3 is 2.38 bits per heavy atom. The minimum absolute atomic E-state index is 0.178. The van der Waals surface area contributed by atoms with Crippen molar-refractivity contribution >= 4 is 41.0 Å². The van der Waals surface area contributed by atoms with Gasteiger partial charge in [-0.05, 0) is 69.2 Å². The van der Waals surface area contributed by atoms with Gasteiger partial charge in [-0.15, -0.1) is 0 Å². The number of carbonyl (C=O) groups is 4. The maximum absolute atomic E-state index is 12.7. The first-order chi connectivity index (χ1) is 24.1. The van der Waals surface area contributed by atoms with E-state index in [-0.39, 0.29) is 30.5 Å². The van der Waals surface area contributed by atoms with Gasteiger partial charge in [0.15, 0.2) is 18.1 Å². The van der Waals surface area contributed by atoms with Crippen LogP contribution in [0.15, 0.2) is 83.1 Å². The number of esters is 2. The zero-order valence-corrected chi connectivity index (χ0v) is 28.5. The molecule has 0 fully saturated rings. The lowest BCUT2D eigenvalue weighted by molar-refractivity contribution is -0.139. The maximum Gasteiger partial charge on any atom is 0.338 e. The number of carbonyl (C=O) groups excluding carboxylic acids is 4. The number of urea groups is 1. The van der Waals surface area contributed by atoms with E-state index in [1.165, 1.54) is 7.11 Å². The van der Waals surface area contributed by atoms with Gasteiger partial charge in [0.05, 0.1) is 43.7 Å². The van der Waals surface area contributed by atoms with Crippen molar-refractivity contribution in [3.05, 3.63) is 106 Å². The van der Waals surface area contributed by atoms with Crippen LogP contribution in [0.1, 0.15) is 59.6 Å². The second kappa shape index (κ2) is 15.9. The number of benzene rings is 3. The molecular formula is C37H39N5O8. The van der Waals surface area contributed by atoms with Gasteiger partial charge < -0.3 is 34.1 Å². The van der Waals surface area contributed by atoms with Crippen LogP contribution in [0.25, 0.3) is 10.9 Å². The third-order valence-electron chi connectivity index (χ3n) is 8.11. The summed E-state index contributed by atoms with van der Waals surface area (Å²) < 4.78 is 23.7. The van der Waals surface area contributed by atoms with Crippen molar-refractivity contribution < 1.29 is 38.1 Å². The molecule has 13 nitrogen and oxygen atoms in total. The molecule has 3 aromatic carbocycles. The van der Waals surface area contributed by atoms with Crippen LogP contribution in [0.4, 0.5) is 4.79 Å². The molecule has 3 N–H and O–H groups in total. The summed E-state index contributed by atoms with van der Waals surface area (Å²) in [5.41, 5.74) is 8.02. The molecule has 50 heavy (non-hydrogen) atoms. The molecule has 1 aliphatic heterocycles. The van der Waals surface area contributed by atoms with Crippen LogP contribution in [-0.4, -0.2) is 61.6 Å². The topological polar surface area (TPSA) is 159 Å². The average Bonchev–Trinajstić information content (AvgIpc) is 3.37. The Labute approximate surface area is 289 Å². The van der Waals surface area contributed by atoms with Crippen LogP contribution in [-0.2, 0) is 25.6 Å². The summed E-state index contributed by atoms with van der Waals surface area (Å²) in [5, 5.41) is 10.5. The van der Waals surface area contributed by atoms with Gasteiger partial charge in [0, 0.05) is 34.4 Å². The second-order valence-corrected chi connectivity index (χ2v) is 11.3. The standard InChI is InChI=1S/C37H39N5O8/c1-6-48-35(44)25-14-12-24(13-15-25)20-42-23(4)28(27-10-8-9-11-29(27)42)19-38-41-32(43)21-50-30-17-16-26(18-31(30)47-5)34-33(36(45)49-7-2)22(3)39-37(46)40-34/h8-19,34H,6-7,20-21H2,1-5H3,(H,41,43)(H2,39,40,46)/b38-19+/t34-/m1/s1. The number of hydrogen-bond donors (Lipinski definition) is 3. The number of nitrogens with zero attached hydrogens (tertiary/aromatic N) is 2. The molecule has 13 heteroatoms. The Balaban J connectivity index is 1.26. The normalized spacial score (nSPS) is 14.3. The third-order valence-corrected chi connectivity index (χ3v) is 8.11. The van der Waals surface area contributed by atoms with Gasteiger partial charge in [-0.1, -0.05) is 36.4 Å². The third kappa shape index (κ3) is 7.78. The molecule has 0 saturated carbocycles. The number of rotatable bonds is 13. The maximum atomic E-state index is 12.7. The lowest BCUT2D eigenvalue weighted by Crippen LogP contribution is -2.45. The van der Waals surface area contributed by atoms with Crippen molar-refractivity contribution in [1.82, 2.24) is 20.6 Å². The van der Waals surface area contributed by atoms with E-state index in [4.69, 9.17) is 18.9 Å². The monoisotopic (exact) mass is 681 g/mol. The molecule has 0 radical (unpaired) electrons. The zero-order chi connectivity index (χ0) is 35.8. The van der Waals surface area contributed by atoms with E-state index in [2.05, 4.69) is 25.7 Å². The number of aromatic nitrogens is 1. The minimum atomic E-state index is -0.783. The van der Waals surface area contributed by atoms with E-state index in [9.17, 15) is 19.2 Å². The van der Waals surface area contributed by atoms with Gasteiger partial charge in [-0.25, -0.2) is 19.8 Å². The van der Waals surface area contributed by atoms with Gasteiger partial charge in [0.1, 0.15) is 0 Å². The average molecular weight is 682 g/mol. The van der Waals surface area contributed by atoms with Crippen molar-refractivity contribution in [1.29, 1.82) is 0 Å². The predicted molar refractivity (Wildman–Crippen MR) is 186 cm³/mol. The molecule has 0 unspecified atom stereocenters. The molecule has 0 saturated heterocycles. The van der Waals surface area contributed by atoms with Crippen molar-refractivity contribution in [3.8, 4) is 11.5 Å². The number of amides is 3. The first-order valence-corrected chi connectivity index (χ1v) is 16.1. The van der Waals surface area contributed by atoms with E-state index in [1.807, 2.05) is 43.3 Å². The summed E-state index contributed by atoms with van der Waals surface area (Å²) in [4.78, 5) is 49.7. The van der Waals surface area contributed by atoms with E-state index in [0.717, 1.165) is 27.7 Å². The molecule has 5 rings (SSSR count). The number of nitrogens with one attached hydrogen (secondary N) is 3. The Morgan fingerprint density at radius 2 is 1.66 bits per heavy atom. The first-order valence-electron chi connectivity index (χ1n) is 16.1. The van der Waals surface area contributed by atoms with E-state index in [1.54, 1.807) is 57.3 Å². The molecule has 4 aromatic rings. The fourth-order valence-corrected chi connectivity index (χ4v) is 5.72. The number of allylic oxidation sites excluding steroid dienone is 1. The number of para-hydroxylation sites is 1. The van der Waals surface area contributed by atoms with E-state index >= 15 is 0 Å². The van der Waals surface area contributed by atoms with Gasteiger partial charge in [-0.3, -0.25) is 4.79 Å². The number of ether oxygens (including phenoxy) is 4. The van der Waals surface area contributed by atoms with Crippen LogP contribution < -0.4 is 25.5 Å². The minimum Gasteiger partial charge on any atom is -0.493 e. The SMILES string of the molecule is CCOC(=O)C1=C(C)NC(=O)N[C@@H]1c1ccc(OCC(=O)N/N=C/c2c(C)n(Cc3ccc(C(=O)OCC)cc3)c3ccccc23)c(OC)c1. The second-order valence-electron chi connectivity index (χ2n) is 11.3. The summed E-state index contributed by atoms with van der Waals surface area (Å²) in [6.07, 6.45) is 1.61. The quantitative estimate of drug-likeness (QED) is 0.102. The van der Waals surface area contributed by atoms with Crippen LogP contribution in [0, 0.1) is 6.92 Å². The molecule has 1 aromatic heterocycles. The molecule has 1 atom stereocenters. The van der Waals surface area contributed by atoms with Crippen molar-refractivity contribution in [3.63, 3.8) is 0 Å². The molecule has 260 valence electrons. The smallest absolute Gasteiger partial charge is 0.338 e. The van der Waals surface area contributed by atoms with Crippen molar-refractivity contribution in [2.24, 2.45) is 5.10 Å². The lowest BCUT2D eigenvalue weighted by Gasteiger charge is -2.28. The molecule has 3 amide bonds. The van der Waals surface area contributed by atoms with Crippen molar-refractivity contribution in [2.45, 2.75) is 40.3 Å². The number of methoxy groups -OCH3 is 1. The Kier molecular flexibility index (Phi) is 11.2. The fraction of sp³-hybridized carbons (Fsp3) is 0.270. The lowest BCUT2D eigenvalue weighted by atomic mass is 9.95. The van der Waals surface area contributed by atoms with Gasteiger partial charge in [0.2, 0.25) is 0 Å². The Bertz CT molecular complexity index is 1980. The highest BCUT2D eigenvalue weighted by molar-refractivity contribution is 6.01. The highest BCUT2D eigenvalue weighted by Crippen LogP contribution is 2.34. The highest BCUT2D eigenvalue weighted by atomic mass is 16.5. The number of hydrazone groups is 1. The predicted octanol–water partition coefficient (Wildman–Crippen LogP) is 4.90. The fourth-order valence-electron chi connectivity index (χ4n) is 5.72. The van der Waals surface area contributed by atoms with Gasteiger partial charge in [-0.2, -0.15) is 5.10 Å². The highest BCUT2D eigenvalue weighted by Gasteiger charge is 2.32. The number of hydrogen-bond acceptors (Lipinski definition) is 9. The zero-order valence-electron chi connectivity index (χ0n) is 28.5. The summed E-state index contributed by atoms with van der Waals surface area (Å²) in [6, 6.07) is 18.9. The van der Waals surface area contributed by atoms with Gasteiger partial charge >= 0.3 is 18.0 Å². The van der Waals surface area contributed by atoms with E-state index in [0.29, 0.717) is 35.7 Å². The Hall–Kier alpha value is -6.11. The molecule has 0 bridgehead atoms. The van der Waals surface area contributed by atoms with Crippen LogP contribution in [0.2, 0.25) is 0 Å². The summed E-state index contributed by atoms with van der Waals surface area (Å²) in [5.74, 6) is -0.827. The first kappa shape index (κ1) is 35.2. The van der Waals surface area contributed by atoms with E-state index < -0.39 is 23.9 Å². The summed E-state index contributed by atoms with van der Waals surface area (Å²) >= 11 is 0. The molecule has 0 spiro atoms. The van der Waals surface area contributed by atoms with Crippen LogP contribution in [0.5, 0.6) is 11.5 Å². The summed E-state index contributed by atoms with van der Waals surface area (Å²) in [7, 11) is 1.45. The van der Waals surface area contributed by atoms with Crippen molar-refractivity contribution in [2.75, 3.05) is 26.9 Å². The van der Waals surface area contributed by atoms with Crippen LogP contribution in [0.3, 0.4) is 0 Å². The molecular weight excluding hydrogens is 642 g/mol. The molecule has 0 aliphatic carbocycles.